The second kappa shape index (κ2) is 10.4. The first-order valence-corrected chi connectivity index (χ1v) is 9.43. The Labute approximate surface area is 113 Å². The zero-order valence-corrected chi connectivity index (χ0v) is 14.0. The van der Waals surface area contributed by atoms with Crippen molar-refractivity contribution in [1.29, 1.82) is 0 Å². The molecule has 17 heavy (non-hydrogen) atoms. The minimum Gasteiger partial charge on any atom is -0.500 e. The normalized spacial score (nSPS) is 11.8. The maximum absolute atomic E-state index is 6.20. The second-order valence-electron chi connectivity index (χ2n) is 5.78. The van der Waals surface area contributed by atoms with Gasteiger partial charge in [0.15, 0.2) is 0 Å². The molecule has 0 aromatic heterocycles. The monoisotopic (exact) mass is 257 g/mol. The first-order chi connectivity index (χ1) is 7.99. The summed E-state index contributed by atoms with van der Waals surface area (Å²) >= 11 is -0.957. The van der Waals surface area contributed by atoms with Gasteiger partial charge in [0.05, 0.1) is 0 Å². The van der Waals surface area contributed by atoms with Gasteiger partial charge in [0.2, 0.25) is 0 Å². The van der Waals surface area contributed by atoms with Crippen LogP contribution in [0.4, 0.5) is 0 Å². The van der Waals surface area contributed by atoms with Crippen LogP contribution in [-0.2, 0) is 3.79 Å². The Hall–Kier alpha value is 0.452. The van der Waals surface area contributed by atoms with E-state index in [0.717, 1.165) is 38.1 Å². The average molecular weight is 257 g/mol. The average Bonchev–Trinajstić information content (AvgIpc) is 2.22. The van der Waals surface area contributed by atoms with Gasteiger partial charge in [-0.3, -0.25) is 0 Å². The molecule has 0 aliphatic rings. The lowest BCUT2D eigenvalue weighted by Crippen LogP contribution is -2.31. The zero-order chi connectivity index (χ0) is 13.3. The maximum Gasteiger partial charge on any atom is 0.461 e. The van der Waals surface area contributed by atoms with Gasteiger partial charge >= 0.3 is 14.5 Å². The fourth-order valence-corrected chi connectivity index (χ4v) is 5.18. The van der Waals surface area contributed by atoms with Crippen LogP contribution < -0.4 is 0 Å². The van der Waals surface area contributed by atoms with E-state index < -0.39 is 14.5 Å². The van der Waals surface area contributed by atoms with Gasteiger partial charge in [0.25, 0.3) is 0 Å². The van der Waals surface area contributed by atoms with Crippen LogP contribution in [0.1, 0.15) is 41.5 Å². The van der Waals surface area contributed by atoms with Crippen LogP contribution in [0.3, 0.4) is 0 Å². The van der Waals surface area contributed by atoms with Crippen LogP contribution >= 0.6 is 0 Å². The molecule has 0 amide bonds. The van der Waals surface area contributed by atoms with Gasteiger partial charge in [0.1, 0.15) is 0 Å². The van der Waals surface area contributed by atoms with E-state index in [0.29, 0.717) is 0 Å². The Kier molecular flexibility index (Phi) is 10.7. The molecule has 3 heteroatoms. The molecule has 0 atom stereocenters. The standard InChI is InChI=1S/C6H14NO.2C4H9.Al/c1-3-7(4-2)5-6-8;2*1-4(2)3;/h3-6H2,1-2H3;2*4H,1H2,2-3H3;/q-1;;;+1. The van der Waals surface area contributed by atoms with Crippen molar-refractivity contribution in [3.05, 3.63) is 0 Å². The molecule has 0 saturated heterocycles. The quantitative estimate of drug-likeness (QED) is 0.554. The second-order valence-corrected chi connectivity index (χ2v) is 8.30. The lowest BCUT2D eigenvalue weighted by atomic mass is 10.3. The number of likely N-dealkylation sites (N-methyl/N-ethyl adjacent to an activating group) is 1. The van der Waals surface area contributed by atoms with Crippen molar-refractivity contribution in [2.75, 3.05) is 26.2 Å². The molecule has 0 saturated carbocycles. The molecule has 0 aromatic rings. The summed E-state index contributed by atoms with van der Waals surface area (Å²) in [6.45, 7) is 18.0. The van der Waals surface area contributed by atoms with Crippen LogP contribution in [-0.4, -0.2) is 45.6 Å². The number of hydrogen-bond donors (Lipinski definition) is 0. The van der Waals surface area contributed by atoms with E-state index in [1.54, 1.807) is 0 Å². The minimum atomic E-state index is -0.957. The van der Waals surface area contributed by atoms with E-state index in [-0.39, 0.29) is 0 Å². The van der Waals surface area contributed by atoms with Gasteiger partial charge in [-0.25, -0.2) is 0 Å². The topological polar surface area (TPSA) is 12.5 Å². The third-order valence-corrected chi connectivity index (χ3v) is 6.77. The van der Waals surface area contributed by atoms with Crippen LogP contribution in [0.25, 0.3) is 0 Å². The summed E-state index contributed by atoms with van der Waals surface area (Å²) in [6.07, 6.45) is 0. The van der Waals surface area contributed by atoms with Gasteiger partial charge in [-0.15, -0.1) is 0 Å². The van der Waals surface area contributed by atoms with E-state index >= 15 is 0 Å². The summed E-state index contributed by atoms with van der Waals surface area (Å²) in [5, 5.41) is 2.66. The molecule has 0 radical (unpaired) electrons. The molecule has 0 unspecified atom stereocenters. The van der Waals surface area contributed by atoms with Crippen molar-refractivity contribution in [3.8, 4) is 0 Å². The number of rotatable bonds is 10. The number of hydrogen-bond acceptors (Lipinski definition) is 2. The van der Waals surface area contributed by atoms with Gasteiger partial charge < -0.3 is 8.69 Å². The molecule has 2 nitrogen and oxygen atoms in total. The smallest absolute Gasteiger partial charge is 0.461 e. The summed E-state index contributed by atoms with van der Waals surface area (Å²) < 4.78 is 6.20. The zero-order valence-electron chi connectivity index (χ0n) is 12.8. The van der Waals surface area contributed by atoms with Crippen LogP contribution in [0.15, 0.2) is 0 Å². The van der Waals surface area contributed by atoms with E-state index in [2.05, 4.69) is 46.4 Å². The molecule has 0 aromatic carbocycles. The molecule has 0 spiro atoms. The predicted molar refractivity (Wildman–Crippen MR) is 78.8 cm³/mol. The van der Waals surface area contributed by atoms with Crippen molar-refractivity contribution < 1.29 is 3.79 Å². The molecule has 102 valence electrons. The summed E-state index contributed by atoms with van der Waals surface area (Å²) in [4.78, 5) is 2.44. The molecule has 0 aliphatic carbocycles. The maximum atomic E-state index is 6.20. The highest BCUT2D eigenvalue weighted by Crippen LogP contribution is 2.15. The van der Waals surface area contributed by atoms with Gasteiger partial charge in [-0.05, 0) is 13.1 Å². The Morgan fingerprint density at radius 1 is 0.941 bits per heavy atom. The lowest BCUT2D eigenvalue weighted by Gasteiger charge is -2.21. The first kappa shape index (κ1) is 17.5. The molecular formula is C14H32AlNO. The van der Waals surface area contributed by atoms with E-state index in [4.69, 9.17) is 3.79 Å². The lowest BCUT2D eigenvalue weighted by molar-refractivity contribution is 0.219. The van der Waals surface area contributed by atoms with E-state index in [1.165, 1.54) is 10.6 Å². The van der Waals surface area contributed by atoms with E-state index in [1.807, 2.05) is 0 Å². The third-order valence-electron chi connectivity index (χ3n) is 3.12. The fraction of sp³-hybridized carbons (Fsp3) is 1.00. The fourth-order valence-electron chi connectivity index (χ4n) is 2.17. The van der Waals surface area contributed by atoms with Gasteiger partial charge in [-0.2, -0.15) is 0 Å². The van der Waals surface area contributed by atoms with Crippen molar-refractivity contribution in [1.82, 2.24) is 4.90 Å². The molecule has 0 aliphatic heterocycles. The molecule has 0 fully saturated rings. The SMILES string of the molecule is CCN(CC)CC[O][Al]([CH2]C(C)C)[CH2]C(C)C. The summed E-state index contributed by atoms with van der Waals surface area (Å²) in [6, 6.07) is 0. The van der Waals surface area contributed by atoms with Crippen molar-refractivity contribution in [2.24, 2.45) is 11.8 Å². The first-order valence-electron chi connectivity index (χ1n) is 7.33. The molecule has 0 heterocycles. The third kappa shape index (κ3) is 10.1. The summed E-state index contributed by atoms with van der Waals surface area (Å²) in [5.41, 5.74) is 0. The molecular weight excluding hydrogens is 225 g/mol. The van der Waals surface area contributed by atoms with Crippen molar-refractivity contribution in [2.45, 2.75) is 52.1 Å². The van der Waals surface area contributed by atoms with Crippen molar-refractivity contribution in [3.63, 3.8) is 0 Å². The minimum absolute atomic E-state index is 0.791. The Balaban J connectivity index is 3.89. The van der Waals surface area contributed by atoms with Gasteiger partial charge in [0, 0.05) is 13.2 Å². The molecule has 0 bridgehead atoms. The van der Waals surface area contributed by atoms with Crippen molar-refractivity contribution >= 4 is 14.5 Å². The Morgan fingerprint density at radius 3 is 1.76 bits per heavy atom. The van der Waals surface area contributed by atoms with E-state index in [9.17, 15) is 0 Å². The predicted octanol–water partition coefficient (Wildman–Crippen LogP) is 3.65. The molecule has 0 rings (SSSR count). The Bertz CT molecular complexity index is 160. The number of nitrogens with zero attached hydrogens (tertiary/aromatic N) is 1. The van der Waals surface area contributed by atoms with Crippen LogP contribution in [0.2, 0.25) is 10.6 Å². The molecule has 0 N–H and O–H groups in total. The summed E-state index contributed by atoms with van der Waals surface area (Å²) in [7, 11) is 0. The van der Waals surface area contributed by atoms with Crippen LogP contribution in [0, 0.1) is 11.8 Å². The van der Waals surface area contributed by atoms with Gasteiger partial charge in [-0.1, -0.05) is 63.9 Å². The van der Waals surface area contributed by atoms with Crippen LogP contribution in [0.5, 0.6) is 0 Å². The Morgan fingerprint density at radius 2 is 1.41 bits per heavy atom. The summed E-state index contributed by atoms with van der Waals surface area (Å²) in [5.74, 6) is 1.58. The highest BCUT2D eigenvalue weighted by Gasteiger charge is 2.23. The highest BCUT2D eigenvalue weighted by atomic mass is 27.2. The highest BCUT2D eigenvalue weighted by molar-refractivity contribution is 6.51. The largest absolute Gasteiger partial charge is 0.500 e.